The highest BCUT2D eigenvalue weighted by atomic mass is 35.5. The first-order chi connectivity index (χ1) is 25.3. The van der Waals surface area contributed by atoms with Gasteiger partial charge in [-0.1, -0.05) is 23.2 Å². The van der Waals surface area contributed by atoms with Crippen LogP contribution in [0, 0.1) is 19.3 Å². The summed E-state index contributed by atoms with van der Waals surface area (Å²) in [5.41, 5.74) is 4.96. The fraction of sp³-hybridized carbons (Fsp3) is 0.439. The van der Waals surface area contributed by atoms with Crippen LogP contribution in [0.2, 0.25) is 10.0 Å². The third-order valence-electron chi connectivity index (χ3n) is 9.57. The number of anilines is 1. The molecule has 2 saturated heterocycles. The molecule has 6 rings (SSSR count). The number of esters is 1. The van der Waals surface area contributed by atoms with Gasteiger partial charge in [0.1, 0.15) is 30.8 Å². The Labute approximate surface area is 322 Å². The number of hydrogen-bond donors (Lipinski definition) is 0. The Morgan fingerprint density at radius 3 is 2.19 bits per heavy atom. The largest absolute Gasteiger partial charge is 0.485 e. The maximum absolute atomic E-state index is 12.8. The van der Waals surface area contributed by atoms with Gasteiger partial charge in [0.05, 0.1) is 29.2 Å². The number of nitrogens with zero attached hydrogens (tertiary/aromatic N) is 4. The molecule has 282 valence electrons. The van der Waals surface area contributed by atoms with Gasteiger partial charge in [-0.3, -0.25) is 9.59 Å². The van der Waals surface area contributed by atoms with Gasteiger partial charge in [-0.25, -0.2) is 9.13 Å². The summed E-state index contributed by atoms with van der Waals surface area (Å²) < 4.78 is 28.7. The average molecular weight is 765 g/mol. The van der Waals surface area contributed by atoms with E-state index in [2.05, 4.69) is 44.5 Å². The highest BCUT2D eigenvalue weighted by Crippen LogP contribution is 2.32. The van der Waals surface area contributed by atoms with Crippen LogP contribution in [0.3, 0.4) is 0 Å². The van der Waals surface area contributed by atoms with Crippen molar-refractivity contribution in [1.82, 2.24) is 9.47 Å². The topological polar surface area (TPSA) is 86.4 Å². The number of carbonyl (C=O) groups is 2. The van der Waals surface area contributed by atoms with E-state index in [1.165, 1.54) is 0 Å². The number of hydrogen-bond acceptors (Lipinski definition) is 7. The predicted octanol–water partition coefficient (Wildman–Crippen LogP) is 7.38. The van der Waals surface area contributed by atoms with Crippen LogP contribution in [-0.2, 0) is 38.8 Å². The van der Waals surface area contributed by atoms with Crippen molar-refractivity contribution in [3.05, 3.63) is 93.2 Å². The molecular weight excluding hydrogens is 715 g/mol. The smallest absolute Gasteiger partial charge is 0.316 e. The van der Waals surface area contributed by atoms with Crippen LogP contribution in [0.25, 0.3) is 11.4 Å². The minimum Gasteiger partial charge on any atom is -0.485 e. The van der Waals surface area contributed by atoms with E-state index in [1.54, 1.807) is 13.0 Å². The van der Waals surface area contributed by atoms with Gasteiger partial charge >= 0.3 is 5.97 Å². The second kappa shape index (κ2) is 16.5. The van der Waals surface area contributed by atoms with Crippen LogP contribution in [0.1, 0.15) is 56.5 Å². The Hall–Kier alpha value is -4.09. The lowest BCUT2D eigenvalue weighted by molar-refractivity contribution is -0.677. The van der Waals surface area contributed by atoms with Gasteiger partial charge in [-0.05, 0) is 112 Å². The molecule has 0 radical (unpaired) electrons. The Balaban J connectivity index is 1.32. The van der Waals surface area contributed by atoms with Crippen LogP contribution in [0.5, 0.6) is 11.5 Å². The monoisotopic (exact) mass is 763 g/mol. The molecule has 0 unspecified atom stereocenters. The lowest BCUT2D eigenvalue weighted by Gasteiger charge is -2.35. The van der Waals surface area contributed by atoms with Crippen molar-refractivity contribution in [3.63, 3.8) is 0 Å². The van der Waals surface area contributed by atoms with Crippen molar-refractivity contribution in [2.45, 2.75) is 73.9 Å². The Kier molecular flexibility index (Phi) is 12.0. The number of carbonyl (C=O) groups excluding carboxylic acids is 2. The fourth-order valence-electron chi connectivity index (χ4n) is 6.73. The van der Waals surface area contributed by atoms with Gasteiger partial charge in [-0.15, -0.1) is 0 Å². The van der Waals surface area contributed by atoms with E-state index in [1.807, 2.05) is 63.8 Å². The van der Waals surface area contributed by atoms with Crippen molar-refractivity contribution in [1.29, 1.82) is 0 Å². The summed E-state index contributed by atoms with van der Waals surface area (Å²) >= 11 is 13.3. The molecule has 0 spiro atoms. The fourth-order valence-corrected chi connectivity index (χ4v) is 7.22. The van der Waals surface area contributed by atoms with E-state index in [-0.39, 0.29) is 18.5 Å². The predicted molar refractivity (Wildman–Crippen MR) is 206 cm³/mol. The van der Waals surface area contributed by atoms with Gasteiger partial charge in [-0.2, -0.15) is 0 Å². The number of amides is 1. The molecule has 4 aromatic rings. The van der Waals surface area contributed by atoms with E-state index < -0.39 is 11.7 Å². The summed E-state index contributed by atoms with van der Waals surface area (Å²) in [6.45, 7) is 16.5. The molecule has 2 aliphatic heterocycles. The molecule has 0 N–H and O–H groups in total. The van der Waals surface area contributed by atoms with Gasteiger partial charge in [0, 0.05) is 43.8 Å². The molecule has 3 heterocycles. The number of rotatable bonds is 10. The van der Waals surface area contributed by atoms with Crippen molar-refractivity contribution >= 4 is 40.8 Å². The SMILES string of the molecule is CC(=O)N1CCN(c2ccc(OCc3c[n+](Cc4cc(C)c(OC(=O)C(C)(C)C)c(C)c4)c(-c4ccc(Cl)cc4Cl)n3CC3OCCCO3)cc2)CC1. The van der Waals surface area contributed by atoms with Crippen LogP contribution < -0.4 is 18.9 Å². The zero-order valence-electron chi connectivity index (χ0n) is 31.4. The average Bonchev–Trinajstić information content (AvgIpc) is 3.44. The molecule has 0 aliphatic carbocycles. The van der Waals surface area contributed by atoms with Crippen LogP contribution in [0.4, 0.5) is 5.69 Å². The summed E-state index contributed by atoms with van der Waals surface area (Å²) in [6, 6.07) is 17.7. The van der Waals surface area contributed by atoms with Crippen molar-refractivity contribution in [2.75, 3.05) is 44.3 Å². The Morgan fingerprint density at radius 2 is 1.58 bits per heavy atom. The molecule has 12 heteroatoms. The molecule has 53 heavy (non-hydrogen) atoms. The first-order valence-electron chi connectivity index (χ1n) is 18.1. The van der Waals surface area contributed by atoms with Crippen molar-refractivity contribution in [3.8, 4) is 22.9 Å². The quantitative estimate of drug-likeness (QED) is 0.0947. The zero-order valence-corrected chi connectivity index (χ0v) is 32.9. The molecule has 1 aromatic heterocycles. The maximum Gasteiger partial charge on any atom is 0.316 e. The normalized spacial score (nSPS) is 15.5. The highest BCUT2D eigenvalue weighted by Gasteiger charge is 2.32. The zero-order chi connectivity index (χ0) is 37.9. The third-order valence-corrected chi connectivity index (χ3v) is 10.1. The Morgan fingerprint density at radius 1 is 0.925 bits per heavy atom. The van der Waals surface area contributed by atoms with E-state index in [0.29, 0.717) is 55.2 Å². The minimum atomic E-state index is -0.623. The second-order valence-corrected chi connectivity index (χ2v) is 15.6. The lowest BCUT2D eigenvalue weighted by atomic mass is 9.97. The molecule has 0 bridgehead atoms. The number of aromatic nitrogens is 2. The number of ether oxygens (including phenoxy) is 4. The number of benzene rings is 3. The molecule has 2 aliphatic rings. The van der Waals surface area contributed by atoms with Crippen LogP contribution >= 0.6 is 23.2 Å². The van der Waals surface area contributed by atoms with Crippen molar-refractivity contribution < 1.29 is 33.1 Å². The van der Waals surface area contributed by atoms with E-state index >= 15 is 0 Å². The number of piperazine rings is 1. The van der Waals surface area contributed by atoms with E-state index in [0.717, 1.165) is 64.7 Å². The van der Waals surface area contributed by atoms with Crippen LogP contribution in [-0.4, -0.2) is 67.0 Å². The molecule has 0 atom stereocenters. The molecule has 1 amide bonds. The van der Waals surface area contributed by atoms with Gasteiger partial charge in [0.15, 0.2) is 18.6 Å². The molecule has 3 aromatic carbocycles. The van der Waals surface area contributed by atoms with Crippen molar-refractivity contribution in [2.24, 2.45) is 5.41 Å². The first kappa shape index (κ1) is 38.6. The number of imidazole rings is 1. The summed E-state index contributed by atoms with van der Waals surface area (Å²) in [4.78, 5) is 28.7. The van der Waals surface area contributed by atoms with Gasteiger partial charge in [0.25, 0.3) is 5.82 Å². The number of halogens is 2. The maximum atomic E-state index is 12.8. The molecule has 10 nitrogen and oxygen atoms in total. The highest BCUT2D eigenvalue weighted by molar-refractivity contribution is 6.36. The third kappa shape index (κ3) is 9.35. The summed E-state index contributed by atoms with van der Waals surface area (Å²) in [7, 11) is 0. The molecule has 2 fully saturated rings. The van der Waals surface area contributed by atoms with Gasteiger partial charge in [0.2, 0.25) is 5.91 Å². The Bertz CT molecular complexity index is 1920. The second-order valence-electron chi connectivity index (χ2n) is 14.8. The van der Waals surface area contributed by atoms with Crippen LogP contribution in [0.15, 0.2) is 60.8 Å². The standard InChI is InChI=1S/C41H49Cl2N4O6/c1-27-20-30(21-28(2)38(27)53-40(49)41(4,5)6)23-46-24-33(26-52-34-11-9-32(10-12-34)45-16-14-44(15-17-45)29(3)48)47(25-37-50-18-7-19-51-37)39(46)35-13-8-31(42)22-36(35)43/h8-13,20-22,24,37H,7,14-19,23,25-26H2,1-6H3/q+1. The molecule has 0 saturated carbocycles. The molecular formula is C41H49Cl2N4O6+. The lowest BCUT2D eigenvalue weighted by Crippen LogP contribution is -2.48. The summed E-state index contributed by atoms with van der Waals surface area (Å²) in [5.74, 6) is 2.01. The summed E-state index contributed by atoms with van der Waals surface area (Å²) in [5, 5.41) is 1.06. The summed E-state index contributed by atoms with van der Waals surface area (Å²) in [6.07, 6.45) is 2.48. The minimum absolute atomic E-state index is 0.115. The van der Waals surface area contributed by atoms with Gasteiger partial charge < -0.3 is 28.7 Å². The number of aryl methyl sites for hydroxylation is 2. The first-order valence-corrected chi connectivity index (χ1v) is 18.9. The van der Waals surface area contributed by atoms with E-state index in [4.69, 9.17) is 42.1 Å². The van der Waals surface area contributed by atoms with E-state index in [9.17, 15) is 9.59 Å².